The van der Waals surface area contributed by atoms with E-state index in [2.05, 4.69) is 30.1 Å². The molecule has 2 fully saturated rings. The molecule has 0 aromatic heterocycles. The molecule has 3 aliphatic heterocycles. The number of hydrogen-bond acceptors (Lipinski definition) is 3. The molecule has 3 atom stereocenters. The summed E-state index contributed by atoms with van der Waals surface area (Å²) in [7, 11) is 2.29. The first-order valence-corrected chi connectivity index (χ1v) is 8.46. The predicted molar refractivity (Wildman–Crippen MR) is 84.5 cm³/mol. The monoisotopic (exact) mass is 286 g/mol. The highest BCUT2D eigenvalue weighted by Crippen LogP contribution is 2.44. The molecule has 3 unspecified atom stereocenters. The zero-order valence-corrected chi connectivity index (χ0v) is 12.9. The van der Waals surface area contributed by atoms with Gasteiger partial charge >= 0.3 is 0 Å². The van der Waals surface area contributed by atoms with Gasteiger partial charge < -0.3 is 15.4 Å². The topological polar surface area (TPSA) is 38.5 Å². The standard InChI is InChI=1S/C18H26N2O/c1-20-14-7-8-15(20)11-13(10-14)17(19)16-6-2-4-12-5-3-9-21-18(12)16/h2,4,6,13-15,17H,3,5,7-11,19H2,1H3. The minimum absolute atomic E-state index is 0.134. The van der Waals surface area contributed by atoms with Crippen LogP contribution in [0.15, 0.2) is 18.2 Å². The third kappa shape index (κ3) is 2.27. The number of rotatable bonds is 2. The summed E-state index contributed by atoms with van der Waals surface area (Å²) in [5.74, 6) is 1.71. The van der Waals surface area contributed by atoms with Gasteiger partial charge in [-0.1, -0.05) is 18.2 Å². The molecule has 3 aliphatic rings. The van der Waals surface area contributed by atoms with Crippen molar-refractivity contribution >= 4 is 0 Å². The Morgan fingerprint density at radius 3 is 2.76 bits per heavy atom. The van der Waals surface area contributed by atoms with E-state index in [9.17, 15) is 0 Å². The second-order valence-corrected chi connectivity index (χ2v) is 7.10. The maximum Gasteiger partial charge on any atom is 0.127 e. The minimum atomic E-state index is 0.134. The number of para-hydroxylation sites is 1. The van der Waals surface area contributed by atoms with Crippen LogP contribution in [0.25, 0.3) is 0 Å². The Labute approximate surface area is 127 Å². The number of fused-ring (bicyclic) bond motifs is 3. The van der Waals surface area contributed by atoms with Gasteiger partial charge in [0, 0.05) is 23.7 Å². The summed E-state index contributed by atoms with van der Waals surface area (Å²) in [5.41, 5.74) is 9.30. The van der Waals surface area contributed by atoms with Crippen molar-refractivity contribution in [2.45, 2.75) is 56.7 Å². The van der Waals surface area contributed by atoms with Crippen molar-refractivity contribution in [3.63, 3.8) is 0 Å². The maximum atomic E-state index is 6.69. The quantitative estimate of drug-likeness (QED) is 0.908. The van der Waals surface area contributed by atoms with Crippen LogP contribution in [0.4, 0.5) is 0 Å². The fourth-order valence-electron chi connectivity index (χ4n) is 4.68. The Bertz CT molecular complexity index is 516. The number of aryl methyl sites for hydroxylation is 1. The van der Waals surface area contributed by atoms with E-state index in [4.69, 9.17) is 10.5 Å². The number of ether oxygens (including phenoxy) is 1. The van der Waals surface area contributed by atoms with Crippen molar-refractivity contribution in [3.8, 4) is 5.75 Å². The van der Waals surface area contributed by atoms with Gasteiger partial charge in [0.15, 0.2) is 0 Å². The van der Waals surface area contributed by atoms with Gasteiger partial charge in [-0.25, -0.2) is 0 Å². The van der Waals surface area contributed by atoms with Crippen molar-refractivity contribution in [2.24, 2.45) is 11.7 Å². The van der Waals surface area contributed by atoms with Crippen LogP contribution >= 0.6 is 0 Å². The molecule has 0 aliphatic carbocycles. The second-order valence-electron chi connectivity index (χ2n) is 7.10. The molecule has 21 heavy (non-hydrogen) atoms. The molecule has 2 saturated heterocycles. The van der Waals surface area contributed by atoms with E-state index in [1.807, 2.05) is 0 Å². The van der Waals surface area contributed by atoms with Crippen molar-refractivity contribution in [1.82, 2.24) is 4.90 Å². The van der Waals surface area contributed by atoms with Crippen molar-refractivity contribution in [1.29, 1.82) is 0 Å². The SMILES string of the molecule is CN1C2CCC1CC(C(N)c1cccc3c1OCCC3)C2. The van der Waals surface area contributed by atoms with Gasteiger partial charge in [0.05, 0.1) is 6.61 Å². The Morgan fingerprint density at radius 2 is 2.00 bits per heavy atom. The Hall–Kier alpha value is -1.06. The van der Waals surface area contributed by atoms with Crippen LogP contribution in [-0.2, 0) is 6.42 Å². The normalized spacial score (nSPS) is 33.3. The fraction of sp³-hybridized carbons (Fsp3) is 0.667. The lowest BCUT2D eigenvalue weighted by Gasteiger charge is -2.39. The molecule has 3 heterocycles. The summed E-state index contributed by atoms with van der Waals surface area (Å²) in [6.07, 6.45) is 7.47. The van der Waals surface area contributed by atoms with E-state index in [1.165, 1.54) is 36.8 Å². The second kappa shape index (κ2) is 5.29. The zero-order valence-electron chi connectivity index (χ0n) is 12.9. The lowest BCUT2D eigenvalue weighted by Crippen LogP contribution is -2.42. The van der Waals surface area contributed by atoms with Gasteiger partial charge in [-0.15, -0.1) is 0 Å². The van der Waals surface area contributed by atoms with Crippen LogP contribution < -0.4 is 10.5 Å². The largest absolute Gasteiger partial charge is 0.493 e. The highest BCUT2D eigenvalue weighted by atomic mass is 16.5. The summed E-state index contributed by atoms with van der Waals surface area (Å²) in [6.45, 7) is 0.843. The van der Waals surface area contributed by atoms with E-state index in [-0.39, 0.29) is 6.04 Å². The van der Waals surface area contributed by atoms with Crippen LogP contribution in [0.3, 0.4) is 0 Å². The van der Waals surface area contributed by atoms with Crippen molar-refractivity contribution in [3.05, 3.63) is 29.3 Å². The average Bonchev–Trinajstić information content (AvgIpc) is 2.75. The molecule has 0 amide bonds. The van der Waals surface area contributed by atoms with E-state index in [0.29, 0.717) is 5.92 Å². The third-order valence-electron chi connectivity index (χ3n) is 5.97. The van der Waals surface area contributed by atoms with Gasteiger partial charge in [0.25, 0.3) is 0 Å². The first kappa shape index (κ1) is 13.6. The van der Waals surface area contributed by atoms with Crippen molar-refractivity contribution in [2.75, 3.05) is 13.7 Å². The Balaban J connectivity index is 1.59. The third-order valence-corrected chi connectivity index (χ3v) is 5.97. The molecule has 2 N–H and O–H groups in total. The maximum absolute atomic E-state index is 6.69. The average molecular weight is 286 g/mol. The molecule has 114 valence electrons. The Kier molecular flexibility index (Phi) is 3.43. The molecule has 0 spiro atoms. The van der Waals surface area contributed by atoms with Crippen LogP contribution in [0.5, 0.6) is 5.75 Å². The van der Waals surface area contributed by atoms with E-state index < -0.39 is 0 Å². The van der Waals surface area contributed by atoms with Crippen LogP contribution in [0, 0.1) is 5.92 Å². The van der Waals surface area contributed by atoms with Gasteiger partial charge in [0.2, 0.25) is 0 Å². The van der Waals surface area contributed by atoms with E-state index in [1.54, 1.807) is 0 Å². The molecule has 4 rings (SSSR count). The van der Waals surface area contributed by atoms with Gasteiger partial charge in [-0.2, -0.15) is 0 Å². The molecule has 0 saturated carbocycles. The minimum Gasteiger partial charge on any atom is -0.493 e. The highest BCUT2D eigenvalue weighted by Gasteiger charge is 2.41. The number of nitrogens with two attached hydrogens (primary N) is 1. The first-order valence-electron chi connectivity index (χ1n) is 8.46. The van der Waals surface area contributed by atoms with Gasteiger partial charge in [0.1, 0.15) is 5.75 Å². The van der Waals surface area contributed by atoms with Gasteiger partial charge in [-0.3, -0.25) is 0 Å². The lowest BCUT2D eigenvalue weighted by atomic mass is 9.81. The summed E-state index contributed by atoms with van der Waals surface area (Å²) < 4.78 is 5.97. The molecule has 1 aromatic rings. The Morgan fingerprint density at radius 1 is 1.24 bits per heavy atom. The van der Waals surface area contributed by atoms with Crippen LogP contribution in [0.1, 0.15) is 49.3 Å². The molecular formula is C18H26N2O. The summed E-state index contributed by atoms with van der Waals surface area (Å²) in [5, 5.41) is 0. The van der Waals surface area contributed by atoms with Crippen molar-refractivity contribution < 1.29 is 4.74 Å². The fourth-order valence-corrected chi connectivity index (χ4v) is 4.68. The summed E-state index contributed by atoms with van der Waals surface area (Å²) in [4.78, 5) is 2.58. The number of nitrogens with zero attached hydrogens (tertiary/aromatic N) is 1. The van der Waals surface area contributed by atoms with Crippen LogP contribution in [0.2, 0.25) is 0 Å². The van der Waals surface area contributed by atoms with Crippen LogP contribution in [-0.4, -0.2) is 30.6 Å². The molecule has 0 radical (unpaired) electrons. The summed E-state index contributed by atoms with van der Waals surface area (Å²) >= 11 is 0. The summed E-state index contributed by atoms with van der Waals surface area (Å²) in [6, 6.07) is 8.18. The lowest BCUT2D eigenvalue weighted by molar-refractivity contribution is 0.120. The zero-order chi connectivity index (χ0) is 14.4. The number of hydrogen-bond donors (Lipinski definition) is 1. The van der Waals surface area contributed by atoms with Gasteiger partial charge in [-0.05, 0) is 57.1 Å². The molecule has 2 bridgehead atoms. The molecule has 1 aromatic carbocycles. The molecule has 3 heteroatoms. The smallest absolute Gasteiger partial charge is 0.127 e. The van der Waals surface area contributed by atoms with E-state index >= 15 is 0 Å². The van der Waals surface area contributed by atoms with E-state index in [0.717, 1.165) is 37.3 Å². The number of benzene rings is 1. The highest BCUT2D eigenvalue weighted by molar-refractivity contribution is 5.44. The first-order chi connectivity index (χ1) is 10.2. The molecule has 3 nitrogen and oxygen atoms in total. The molecular weight excluding hydrogens is 260 g/mol. The predicted octanol–water partition coefficient (Wildman–Crippen LogP) is 2.88. The number of piperidine rings is 1.